The van der Waals surface area contributed by atoms with Crippen LogP contribution in [0.5, 0.6) is 11.5 Å². The first-order valence-electron chi connectivity index (χ1n) is 6.62. The van der Waals surface area contributed by atoms with Gasteiger partial charge in [0.15, 0.2) is 17.7 Å². The fraction of sp³-hybridized carbons (Fsp3) is 0.571. The van der Waals surface area contributed by atoms with Crippen molar-refractivity contribution in [3.8, 4) is 11.5 Å². The SMILES string of the molecule is COc1ccccc1OC1CN(CC(C)O)CCN1. The topological polar surface area (TPSA) is 54.0 Å². The zero-order chi connectivity index (χ0) is 13.7. The van der Waals surface area contributed by atoms with Gasteiger partial charge in [-0.2, -0.15) is 0 Å². The van der Waals surface area contributed by atoms with Crippen LogP contribution >= 0.6 is 0 Å². The normalized spacial score (nSPS) is 21.9. The molecule has 0 aromatic heterocycles. The number of nitrogens with one attached hydrogen (secondary N) is 1. The van der Waals surface area contributed by atoms with Gasteiger partial charge in [0.2, 0.25) is 0 Å². The summed E-state index contributed by atoms with van der Waals surface area (Å²) in [6.45, 7) is 5.01. The van der Waals surface area contributed by atoms with Crippen molar-refractivity contribution in [3.05, 3.63) is 24.3 Å². The van der Waals surface area contributed by atoms with Crippen LogP contribution in [-0.4, -0.2) is 55.6 Å². The maximum atomic E-state index is 9.44. The molecule has 5 heteroatoms. The molecule has 1 aliphatic heterocycles. The van der Waals surface area contributed by atoms with Gasteiger partial charge in [-0.1, -0.05) is 12.1 Å². The molecule has 0 amide bonds. The Hall–Kier alpha value is -1.30. The predicted molar refractivity (Wildman–Crippen MR) is 73.5 cm³/mol. The molecule has 19 heavy (non-hydrogen) atoms. The molecule has 1 fully saturated rings. The van der Waals surface area contributed by atoms with Crippen molar-refractivity contribution >= 4 is 0 Å². The van der Waals surface area contributed by atoms with Gasteiger partial charge >= 0.3 is 0 Å². The molecular weight excluding hydrogens is 244 g/mol. The highest BCUT2D eigenvalue weighted by Crippen LogP contribution is 2.26. The summed E-state index contributed by atoms with van der Waals surface area (Å²) in [5.74, 6) is 1.47. The molecule has 0 aliphatic carbocycles. The van der Waals surface area contributed by atoms with E-state index in [1.54, 1.807) is 14.0 Å². The van der Waals surface area contributed by atoms with Crippen LogP contribution in [0.1, 0.15) is 6.92 Å². The Bertz CT molecular complexity index is 398. The molecule has 1 aromatic carbocycles. The highest BCUT2D eigenvalue weighted by atomic mass is 16.5. The molecule has 0 radical (unpaired) electrons. The van der Waals surface area contributed by atoms with Crippen LogP contribution in [0.25, 0.3) is 0 Å². The average Bonchev–Trinajstić information content (AvgIpc) is 2.39. The van der Waals surface area contributed by atoms with Crippen molar-refractivity contribution < 1.29 is 14.6 Å². The van der Waals surface area contributed by atoms with Gasteiger partial charge in [-0.3, -0.25) is 10.2 Å². The number of nitrogens with zero attached hydrogens (tertiary/aromatic N) is 1. The quantitative estimate of drug-likeness (QED) is 0.821. The van der Waals surface area contributed by atoms with Gasteiger partial charge in [-0.25, -0.2) is 0 Å². The molecule has 1 saturated heterocycles. The highest BCUT2D eigenvalue weighted by Gasteiger charge is 2.22. The van der Waals surface area contributed by atoms with Gasteiger partial charge in [0.1, 0.15) is 0 Å². The lowest BCUT2D eigenvalue weighted by molar-refractivity contribution is 0.0449. The van der Waals surface area contributed by atoms with Gasteiger partial charge in [0, 0.05) is 26.2 Å². The van der Waals surface area contributed by atoms with Gasteiger partial charge in [-0.05, 0) is 19.1 Å². The van der Waals surface area contributed by atoms with E-state index in [0.717, 1.165) is 31.1 Å². The number of hydrogen-bond donors (Lipinski definition) is 2. The number of para-hydroxylation sites is 2. The van der Waals surface area contributed by atoms with E-state index in [0.29, 0.717) is 6.54 Å². The number of ether oxygens (including phenoxy) is 2. The molecule has 0 saturated carbocycles. The number of benzene rings is 1. The van der Waals surface area contributed by atoms with Gasteiger partial charge in [0.25, 0.3) is 0 Å². The van der Waals surface area contributed by atoms with Crippen LogP contribution in [0.2, 0.25) is 0 Å². The summed E-state index contributed by atoms with van der Waals surface area (Å²) in [4.78, 5) is 2.20. The number of rotatable bonds is 5. The van der Waals surface area contributed by atoms with E-state index in [4.69, 9.17) is 9.47 Å². The zero-order valence-corrected chi connectivity index (χ0v) is 11.5. The fourth-order valence-electron chi connectivity index (χ4n) is 2.26. The smallest absolute Gasteiger partial charge is 0.163 e. The maximum absolute atomic E-state index is 9.44. The molecule has 2 rings (SSSR count). The van der Waals surface area contributed by atoms with Gasteiger partial charge in [0.05, 0.1) is 13.2 Å². The van der Waals surface area contributed by atoms with E-state index in [1.807, 2.05) is 24.3 Å². The minimum Gasteiger partial charge on any atom is -0.493 e. The Morgan fingerprint density at radius 1 is 1.42 bits per heavy atom. The van der Waals surface area contributed by atoms with Crippen molar-refractivity contribution in [1.29, 1.82) is 0 Å². The number of β-amino-alcohol motifs (C(OH)–C–C–N with tert-alkyl or cyclic N) is 1. The zero-order valence-electron chi connectivity index (χ0n) is 11.5. The third kappa shape index (κ3) is 4.09. The summed E-state index contributed by atoms with van der Waals surface area (Å²) in [6.07, 6.45) is -0.395. The number of aliphatic hydroxyl groups is 1. The minimum atomic E-state index is -0.315. The monoisotopic (exact) mass is 266 g/mol. The molecule has 2 N–H and O–H groups in total. The molecule has 1 aromatic rings. The van der Waals surface area contributed by atoms with E-state index in [1.165, 1.54) is 0 Å². The van der Waals surface area contributed by atoms with Crippen LogP contribution in [0.4, 0.5) is 0 Å². The predicted octanol–water partition coefficient (Wildman–Crippen LogP) is 0.686. The van der Waals surface area contributed by atoms with Crippen molar-refractivity contribution in [1.82, 2.24) is 10.2 Å². The second-order valence-electron chi connectivity index (χ2n) is 4.82. The first-order chi connectivity index (χ1) is 9.19. The Balaban J connectivity index is 1.95. The fourth-order valence-corrected chi connectivity index (χ4v) is 2.26. The molecule has 2 atom stereocenters. The summed E-state index contributed by atoms with van der Waals surface area (Å²) < 4.78 is 11.2. The van der Waals surface area contributed by atoms with Crippen molar-refractivity contribution in [2.24, 2.45) is 0 Å². The molecule has 0 bridgehead atoms. The Morgan fingerprint density at radius 3 is 2.84 bits per heavy atom. The van der Waals surface area contributed by atoms with Crippen LogP contribution < -0.4 is 14.8 Å². The largest absolute Gasteiger partial charge is 0.493 e. The Kier molecular flexibility index (Phi) is 5.01. The average molecular weight is 266 g/mol. The molecule has 0 spiro atoms. The van der Waals surface area contributed by atoms with E-state index < -0.39 is 0 Å². The van der Waals surface area contributed by atoms with Crippen LogP contribution in [-0.2, 0) is 0 Å². The van der Waals surface area contributed by atoms with E-state index in [-0.39, 0.29) is 12.3 Å². The van der Waals surface area contributed by atoms with Crippen molar-refractivity contribution in [3.63, 3.8) is 0 Å². The van der Waals surface area contributed by atoms with Gasteiger partial charge < -0.3 is 14.6 Å². The molecule has 1 aliphatic rings. The Labute approximate surface area is 114 Å². The number of methoxy groups -OCH3 is 1. The van der Waals surface area contributed by atoms with Crippen LogP contribution in [0.3, 0.4) is 0 Å². The summed E-state index contributed by atoms with van der Waals surface area (Å²) >= 11 is 0. The Morgan fingerprint density at radius 2 is 2.16 bits per heavy atom. The lowest BCUT2D eigenvalue weighted by Crippen LogP contribution is -2.54. The summed E-state index contributed by atoms with van der Waals surface area (Å²) in [6, 6.07) is 7.62. The lowest BCUT2D eigenvalue weighted by atomic mass is 10.3. The van der Waals surface area contributed by atoms with E-state index in [2.05, 4.69) is 10.2 Å². The number of aliphatic hydroxyl groups excluding tert-OH is 1. The standard InChI is InChI=1S/C14H22N2O3/c1-11(17)9-16-8-7-15-14(10-16)19-13-6-4-3-5-12(13)18-2/h3-6,11,14-15,17H,7-10H2,1-2H3. The second kappa shape index (κ2) is 6.75. The van der Waals surface area contributed by atoms with Crippen molar-refractivity contribution in [2.45, 2.75) is 19.3 Å². The molecule has 2 unspecified atom stereocenters. The second-order valence-corrected chi connectivity index (χ2v) is 4.82. The highest BCUT2D eigenvalue weighted by molar-refractivity contribution is 5.39. The molecule has 106 valence electrons. The van der Waals surface area contributed by atoms with Crippen molar-refractivity contribution in [2.75, 3.05) is 33.3 Å². The van der Waals surface area contributed by atoms with Crippen LogP contribution in [0.15, 0.2) is 24.3 Å². The number of piperazine rings is 1. The van der Waals surface area contributed by atoms with E-state index >= 15 is 0 Å². The van der Waals surface area contributed by atoms with E-state index in [9.17, 15) is 5.11 Å². The summed E-state index contributed by atoms with van der Waals surface area (Å²) in [7, 11) is 1.64. The lowest BCUT2D eigenvalue weighted by Gasteiger charge is -2.34. The minimum absolute atomic E-state index is 0.0798. The molecular formula is C14H22N2O3. The van der Waals surface area contributed by atoms with Gasteiger partial charge in [-0.15, -0.1) is 0 Å². The van der Waals surface area contributed by atoms with Crippen LogP contribution in [0, 0.1) is 0 Å². The number of hydrogen-bond acceptors (Lipinski definition) is 5. The molecule has 1 heterocycles. The summed E-state index contributed by atoms with van der Waals surface area (Å²) in [5.41, 5.74) is 0. The first kappa shape index (κ1) is 14.1. The molecule has 5 nitrogen and oxygen atoms in total. The third-order valence-corrected chi connectivity index (χ3v) is 3.08. The summed E-state index contributed by atoms with van der Waals surface area (Å²) in [5, 5.41) is 12.8. The maximum Gasteiger partial charge on any atom is 0.163 e. The first-order valence-corrected chi connectivity index (χ1v) is 6.62. The third-order valence-electron chi connectivity index (χ3n) is 3.08.